The Balaban J connectivity index is 1.40. The van der Waals surface area contributed by atoms with Gasteiger partial charge in [0.15, 0.2) is 0 Å². The van der Waals surface area contributed by atoms with Crippen molar-refractivity contribution in [3.63, 3.8) is 0 Å². The summed E-state index contributed by atoms with van der Waals surface area (Å²) in [4.78, 5) is 79.4. The maximum Gasteiger partial charge on any atom is 0.289 e. The van der Waals surface area contributed by atoms with Gasteiger partial charge in [0.05, 0.1) is 18.3 Å². The van der Waals surface area contributed by atoms with E-state index in [4.69, 9.17) is 16.4 Å². The number of benzene rings is 1. The van der Waals surface area contributed by atoms with Gasteiger partial charge in [-0.25, -0.2) is 4.98 Å². The number of ketones is 1. The van der Waals surface area contributed by atoms with Crippen LogP contribution < -0.4 is 21.4 Å². The number of likely N-dealkylation sites (tertiary alicyclic amines) is 1. The minimum absolute atomic E-state index is 0.00771. The minimum atomic E-state index is -1.10. The van der Waals surface area contributed by atoms with E-state index in [0.717, 1.165) is 24.2 Å². The van der Waals surface area contributed by atoms with Gasteiger partial charge in [-0.2, -0.15) is 0 Å². The lowest BCUT2D eigenvalue weighted by atomic mass is 9.85. The van der Waals surface area contributed by atoms with E-state index >= 15 is 0 Å². The van der Waals surface area contributed by atoms with Gasteiger partial charge in [-0.15, -0.1) is 0 Å². The van der Waals surface area contributed by atoms with E-state index in [9.17, 15) is 24.0 Å². The number of carbonyl (C=O) groups excluding carboxylic acids is 5. The zero-order chi connectivity index (χ0) is 35.5. The highest BCUT2D eigenvalue weighted by molar-refractivity contribution is 6.38. The zero-order valence-corrected chi connectivity index (χ0v) is 29.4. The van der Waals surface area contributed by atoms with Crippen molar-refractivity contribution in [2.45, 2.75) is 109 Å². The molecule has 14 heteroatoms. The average molecular weight is 696 g/mol. The summed E-state index contributed by atoms with van der Waals surface area (Å²) in [6, 6.07) is 4.06. The zero-order valence-electron chi connectivity index (χ0n) is 28.7. The number of hydroxylamine groups is 1. The van der Waals surface area contributed by atoms with Gasteiger partial charge in [0.25, 0.3) is 5.91 Å². The monoisotopic (exact) mass is 695 g/mol. The molecule has 2 fully saturated rings. The van der Waals surface area contributed by atoms with E-state index in [1.807, 2.05) is 51.3 Å². The van der Waals surface area contributed by atoms with Crippen molar-refractivity contribution in [3.8, 4) is 0 Å². The van der Waals surface area contributed by atoms with Crippen LogP contribution in [-0.4, -0.2) is 80.2 Å². The molecule has 1 aromatic carbocycles. The number of nitrogens with zero attached hydrogens (tertiary/aromatic N) is 3. The molecule has 1 spiro atoms. The number of nitrogens with one attached hydrogen (secondary N) is 4. The highest BCUT2D eigenvalue weighted by atomic mass is 35.5. The molecule has 4 atom stereocenters. The predicted molar refractivity (Wildman–Crippen MR) is 182 cm³/mol. The summed E-state index contributed by atoms with van der Waals surface area (Å²) >= 11 is 6.24. The van der Waals surface area contributed by atoms with Crippen LogP contribution in [0.1, 0.15) is 77.6 Å². The molecule has 2 aromatic rings. The molecule has 4 amide bonds. The number of carbonyl (C=O) groups is 5. The summed E-state index contributed by atoms with van der Waals surface area (Å²) in [5.74, 6) is -2.05. The Hall–Kier alpha value is -4.23. The lowest BCUT2D eigenvalue weighted by molar-refractivity contribution is -0.145. The maximum absolute atomic E-state index is 14.5. The van der Waals surface area contributed by atoms with Crippen LogP contribution in [0.25, 0.3) is 5.70 Å². The number of imidazole rings is 1. The first-order chi connectivity index (χ1) is 23.2. The largest absolute Gasteiger partial charge is 0.347 e. The third-order valence-electron chi connectivity index (χ3n) is 9.11. The number of aromatic nitrogens is 2. The summed E-state index contributed by atoms with van der Waals surface area (Å²) < 4.78 is 1.85. The number of hydrogen-bond donors (Lipinski definition) is 4. The normalized spacial score (nSPS) is 21.5. The van der Waals surface area contributed by atoms with Crippen molar-refractivity contribution in [2.75, 3.05) is 6.54 Å². The van der Waals surface area contributed by atoms with Crippen LogP contribution in [0, 0.1) is 12.3 Å². The van der Waals surface area contributed by atoms with Crippen LogP contribution in [0.4, 0.5) is 0 Å². The molecule has 13 nitrogen and oxygen atoms in total. The lowest BCUT2D eigenvalue weighted by Crippen LogP contribution is -2.59. The molecule has 1 saturated carbocycles. The van der Waals surface area contributed by atoms with Gasteiger partial charge in [0.2, 0.25) is 23.5 Å². The van der Waals surface area contributed by atoms with E-state index in [2.05, 4.69) is 26.4 Å². The maximum atomic E-state index is 14.5. The number of halogens is 1. The molecule has 4 N–H and O–H groups in total. The SMILES string of the molecule is CCC[C@H](NC(=O)[C@@H]1C[C@]2(C=C(c3cccc(Cl)c3)NO2)CN1C(=O)[C@@H](NC(=O)CCn1ccnc1C)C(C)(C)C)C(=O)C(=O)NC1CC1. The molecule has 1 aliphatic carbocycles. The van der Waals surface area contributed by atoms with E-state index in [1.165, 1.54) is 4.90 Å². The number of Topliss-reactive ketones (excluding diaryl/α,β-unsaturated/α-hetero) is 1. The lowest BCUT2D eigenvalue weighted by Gasteiger charge is -2.35. The second-order valence-corrected chi connectivity index (χ2v) is 14.7. The van der Waals surface area contributed by atoms with E-state index < -0.39 is 52.6 Å². The van der Waals surface area contributed by atoms with Gasteiger partial charge >= 0.3 is 0 Å². The summed E-state index contributed by atoms with van der Waals surface area (Å²) in [5, 5.41) is 8.94. The summed E-state index contributed by atoms with van der Waals surface area (Å²) in [6.45, 7) is 9.61. The second-order valence-electron chi connectivity index (χ2n) is 14.3. The van der Waals surface area contributed by atoms with Crippen molar-refractivity contribution in [2.24, 2.45) is 5.41 Å². The van der Waals surface area contributed by atoms with Gasteiger partial charge in [-0.1, -0.05) is 57.8 Å². The average Bonchev–Trinajstić information content (AvgIpc) is 3.43. The van der Waals surface area contributed by atoms with Crippen LogP contribution in [0.2, 0.25) is 5.02 Å². The van der Waals surface area contributed by atoms with Gasteiger partial charge in [-0.05, 0) is 49.8 Å². The Morgan fingerprint density at radius 2 is 1.92 bits per heavy atom. The molecule has 264 valence electrons. The molecule has 5 rings (SSSR count). The van der Waals surface area contributed by atoms with Crippen molar-refractivity contribution in [1.29, 1.82) is 0 Å². The van der Waals surface area contributed by atoms with Gasteiger partial charge in [0, 0.05) is 48.4 Å². The summed E-state index contributed by atoms with van der Waals surface area (Å²) in [5.41, 5.74) is 2.50. The molecule has 2 aliphatic heterocycles. The Bertz CT molecular complexity index is 1630. The smallest absolute Gasteiger partial charge is 0.289 e. The number of amides is 4. The fourth-order valence-electron chi connectivity index (χ4n) is 6.20. The molecule has 0 unspecified atom stereocenters. The topological polar surface area (TPSA) is 164 Å². The van der Waals surface area contributed by atoms with Crippen molar-refractivity contribution < 1.29 is 28.8 Å². The van der Waals surface area contributed by atoms with Gasteiger partial charge < -0.3 is 25.4 Å². The Kier molecular flexibility index (Phi) is 10.8. The van der Waals surface area contributed by atoms with Crippen LogP contribution in [0.3, 0.4) is 0 Å². The minimum Gasteiger partial charge on any atom is -0.347 e. The Labute approximate surface area is 291 Å². The molecule has 49 heavy (non-hydrogen) atoms. The van der Waals surface area contributed by atoms with E-state index in [0.29, 0.717) is 23.7 Å². The standard InChI is InChI=1S/C35H46ClN7O6/c1-6-8-25(29(45)32(47)38-24-11-12-24)39-31(46)27-19-35(18-26(41-49-35)22-9-7-10-23(36)17-22)20-43(27)33(48)30(34(3,4)5)40-28(44)13-15-42-16-14-37-21(42)2/h7,9-10,14,16-18,24-25,27,30,41H,6,8,11-13,15,19-20H2,1-5H3,(H,38,47)(H,39,46)(H,40,44)/t25-,27-,30+,35+/m0/s1. The molecule has 0 bridgehead atoms. The number of hydrogen-bond acceptors (Lipinski definition) is 8. The number of aryl methyl sites for hydroxylation is 2. The fraction of sp³-hybridized carbons (Fsp3) is 0.543. The molecule has 1 saturated heterocycles. The Morgan fingerprint density at radius 3 is 2.55 bits per heavy atom. The molecule has 3 heterocycles. The molecule has 1 aromatic heterocycles. The molecular formula is C35H46ClN7O6. The summed E-state index contributed by atoms with van der Waals surface area (Å²) in [7, 11) is 0. The quantitative estimate of drug-likeness (QED) is 0.233. The first kappa shape index (κ1) is 36.1. The second kappa shape index (κ2) is 14.7. The van der Waals surface area contributed by atoms with Crippen LogP contribution in [0.5, 0.6) is 0 Å². The molecular weight excluding hydrogens is 650 g/mol. The predicted octanol–water partition coefficient (Wildman–Crippen LogP) is 2.81. The van der Waals surface area contributed by atoms with Crippen molar-refractivity contribution >= 4 is 46.7 Å². The van der Waals surface area contributed by atoms with Crippen molar-refractivity contribution in [3.05, 3.63) is 59.1 Å². The Morgan fingerprint density at radius 1 is 1.16 bits per heavy atom. The fourth-order valence-corrected chi connectivity index (χ4v) is 6.39. The highest BCUT2D eigenvalue weighted by Gasteiger charge is 2.54. The third kappa shape index (κ3) is 8.69. The van der Waals surface area contributed by atoms with Crippen LogP contribution in [0.15, 0.2) is 42.7 Å². The first-order valence-corrected chi connectivity index (χ1v) is 17.2. The summed E-state index contributed by atoms with van der Waals surface area (Å²) in [6.07, 6.45) is 7.89. The van der Waals surface area contributed by atoms with Crippen LogP contribution >= 0.6 is 11.6 Å². The van der Waals surface area contributed by atoms with Crippen LogP contribution in [-0.2, 0) is 35.4 Å². The van der Waals surface area contributed by atoms with E-state index in [-0.39, 0.29) is 37.8 Å². The van der Waals surface area contributed by atoms with E-state index in [1.54, 1.807) is 30.6 Å². The van der Waals surface area contributed by atoms with Crippen molar-refractivity contribution in [1.82, 2.24) is 35.9 Å². The molecule has 3 aliphatic rings. The van der Waals surface area contributed by atoms with Gasteiger partial charge in [0.1, 0.15) is 23.5 Å². The first-order valence-electron chi connectivity index (χ1n) is 16.8. The number of rotatable bonds is 13. The highest BCUT2D eigenvalue weighted by Crippen LogP contribution is 2.39. The third-order valence-corrected chi connectivity index (χ3v) is 9.35. The van der Waals surface area contributed by atoms with Gasteiger partial charge in [-0.3, -0.25) is 34.3 Å². The molecule has 0 radical (unpaired) electrons.